The van der Waals surface area contributed by atoms with Crippen molar-refractivity contribution < 1.29 is 9.84 Å². The predicted molar refractivity (Wildman–Crippen MR) is 108 cm³/mol. The molecule has 5 heteroatoms. The van der Waals surface area contributed by atoms with E-state index in [-0.39, 0.29) is 17.1 Å². The van der Waals surface area contributed by atoms with Crippen LogP contribution in [0.15, 0.2) is 71.5 Å². The highest BCUT2D eigenvalue weighted by molar-refractivity contribution is 5.96. The van der Waals surface area contributed by atoms with Gasteiger partial charge in [0, 0.05) is 16.8 Å². The van der Waals surface area contributed by atoms with Gasteiger partial charge in [0.1, 0.15) is 11.6 Å². The van der Waals surface area contributed by atoms with Crippen molar-refractivity contribution in [3.05, 3.63) is 82.6 Å². The molecule has 2 N–H and O–H groups in total. The van der Waals surface area contributed by atoms with Crippen molar-refractivity contribution in [1.29, 1.82) is 5.26 Å². The van der Waals surface area contributed by atoms with Gasteiger partial charge in [0.25, 0.3) is 5.56 Å². The lowest BCUT2D eigenvalue weighted by Gasteiger charge is -2.11. The van der Waals surface area contributed by atoms with Crippen LogP contribution in [0.4, 0.5) is 0 Å². The molecule has 0 atom stereocenters. The number of phenols is 1. The number of aromatic nitrogens is 1. The van der Waals surface area contributed by atoms with Crippen LogP contribution in [0.2, 0.25) is 0 Å². The van der Waals surface area contributed by atoms with Crippen molar-refractivity contribution >= 4 is 10.8 Å². The Morgan fingerprint density at radius 2 is 1.79 bits per heavy atom. The Balaban J connectivity index is 2.00. The third-order valence-corrected chi connectivity index (χ3v) is 4.72. The number of nitrogens with one attached hydrogen (secondary N) is 1. The van der Waals surface area contributed by atoms with Crippen LogP contribution < -0.4 is 10.3 Å². The van der Waals surface area contributed by atoms with E-state index in [1.807, 2.05) is 48.5 Å². The molecule has 136 valence electrons. The zero-order valence-electron chi connectivity index (χ0n) is 15.1. The molecule has 4 aromatic rings. The summed E-state index contributed by atoms with van der Waals surface area (Å²) < 4.78 is 5.16. The number of fused-ring (bicyclic) bond motifs is 1. The van der Waals surface area contributed by atoms with Crippen molar-refractivity contribution in [2.24, 2.45) is 0 Å². The van der Waals surface area contributed by atoms with Gasteiger partial charge in [0.15, 0.2) is 11.5 Å². The molecule has 0 spiro atoms. The summed E-state index contributed by atoms with van der Waals surface area (Å²) in [7, 11) is 1.45. The quantitative estimate of drug-likeness (QED) is 0.559. The van der Waals surface area contributed by atoms with E-state index < -0.39 is 5.56 Å². The zero-order chi connectivity index (χ0) is 19.7. The zero-order valence-corrected chi connectivity index (χ0v) is 15.1. The van der Waals surface area contributed by atoms with Gasteiger partial charge in [-0.1, -0.05) is 48.5 Å². The number of hydrogen-bond acceptors (Lipinski definition) is 4. The summed E-state index contributed by atoms with van der Waals surface area (Å²) >= 11 is 0. The standard InChI is InChI=1S/C23H16N2O3/c1-28-22-11-15(9-10-21(22)26)18-12-20(25-23(27)19(18)13-24)17-8-4-6-14-5-2-3-7-16(14)17/h2-12,26H,1H3,(H,25,27). The first-order chi connectivity index (χ1) is 13.6. The molecular formula is C23H16N2O3. The maximum absolute atomic E-state index is 12.6. The van der Waals surface area contributed by atoms with Crippen LogP contribution in [0.25, 0.3) is 33.2 Å². The van der Waals surface area contributed by atoms with Crippen molar-refractivity contribution in [2.45, 2.75) is 0 Å². The van der Waals surface area contributed by atoms with Gasteiger partial charge in [-0.2, -0.15) is 5.26 Å². The maximum atomic E-state index is 12.6. The monoisotopic (exact) mass is 368 g/mol. The first-order valence-corrected chi connectivity index (χ1v) is 8.65. The number of benzene rings is 3. The summed E-state index contributed by atoms with van der Waals surface area (Å²) in [5.74, 6) is 0.261. The number of hydrogen-bond donors (Lipinski definition) is 2. The van der Waals surface area contributed by atoms with E-state index >= 15 is 0 Å². The summed E-state index contributed by atoms with van der Waals surface area (Å²) in [4.78, 5) is 15.5. The van der Waals surface area contributed by atoms with Crippen molar-refractivity contribution in [2.75, 3.05) is 7.11 Å². The Morgan fingerprint density at radius 3 is 2.57 bits per heavy atom. The lowest BCUT2D eigenvalue weighted by atomic mass is 9.96. The summed E-state index contributed by atoms with van der Waals surface area (Å²) in [5.41, 5.74) is 2.12. The Labute approximate surface area is 161 Å². The summed E-state index contributed by atoms with van der Waals surface area (Å²) in [6.45, 7) is 0. The Bertz CT molecular complexity index is 1290. The molecule has 0 aliphatic carbocycles. The third-order valence-electron chi connectivity index (χ3n) is 4.72. The van der Waals surface area contributed by atoms with Crippen molar-refractivity contribution in [3.8, 4) is 40.0 Å². The Hall–Kier alpha value is -4.04. The molecule has 0 aliphatic rings. The molecule has 28 heavy (non-hydrogen) atoms. The lowest BCUT2D eigenvalue weighted by Crippen LogP contribution is -2.12. The molecule has 0 bridgehead atoms. The second kappa shape index (κ2) is 6.93. The van der Waals surface area contributed by atoms with E-state index in [1.54, 1.807) is 18.2 Å². The average Bonchev–Trinajstić information content (AvgIpc) is 2.73. The molecule has 0 amide bonds. The second-order valence-electron chi connectivity index (χ2n) is 6.33. The minimum atomic E-state index is -0.463. The largest absolute Gasteiger partial charge is 0.504 e. The van der Waals surface area contributed by atoms with Gasteiger partial charge in [0.2, 0.25) is 0 Å². The number of nitriles is 1. The molecule has 5 nitrogen and oxygen atoms in total. The first kappa shape index (κ1) is 17.4. The first-order valence-electron chi connectivity index (χ1n) is 8.65. The van der Waals surface area contributed by atoms with Crippen LogP contribution in [0.5, 0.6) is 11.5 Å². The highest BCUT2D eigenvalue weighted by Crippen LogP contribution is 2.34. The van der Waals surface area contributed by atoms with Crippen molar-refractivity contribution in [1.82, 2.24) is 4.98 Å². The molecule has 0 radical (unpaired) electrons. The normalized spacial score (nSPS) is 10.6. The number of phenolic OH excluding ortho intramolecular Hbond substituents is 1. The average molecular weight is 368 g/mol. The van der Waals surface area contributed by atoms with Gasteiger partial charge in [0.05, 0.1) is 7.11 Å². The van der Waals surface area contributed by atoms with Crippen LogP contribution in [-0.2, 0) is 0 Å². The van der Waals surface area contributed by atoms with Crippen LogP contribution in [0.1, 0.15) is 5.56 Å². The molecule has 0 aliphatic heterocycles. The smallest absolute Gasteiger partial charge is 0.266 e. The number of aromatic hydroxyl groups is 1. The number of pyridine rings is 1. The van der Waals surface area contributed by atoms with Gasteiger partial charge in [-0.05, 0) is 34.5 Å². The molecule has 0 saturated heterocycles. The number of rotatable bonds is 3. The second-order valence-corrected chi connectivity index (χ2v) is 6.33. The van der Waals surface area contributed by atoms with E-state index in [1.165, 1.54) is 13.2 Å². The van der Waals surface area contributed by atoms with Gasteiger partial charge >= 0.3 is 0 Å². The summed E-state index contributed by atoms with van der Waals surface area (Å²) in [6, 6.07) is 22.3. The lowest BCUT2D eigenvalue weighted by molar-refractivity contribution is 0.373. The molecule has 1 heterocycles. The fourth-order valence-electron chi connectivity index (χ4n) is 3.35. The van der Waals surface area contributed by atoms with Gasteiger partial charge in [-0.15, -0.1) is 0 Å². The molecule has 1 aromatic heterocycles. The summed E-state index contributed by atoms with van der Waals surface area (Å²) in [6.07, 6.45) is 0. The minimum absolute atomic E-state index is 0.0103. The topological polar surface area (TPSA) is 86.1 Å². The number of ether oxygens (including phenoxy) is 1. The van der Waals surface area contributed by atoms with Gasteiger partial charge in [-0.25, -0.2) is 0 Å². The molecule has 0 fully saturated rings. The van der Waals surface area contributed by atoms with E-state index in [2.05, 4.69) is 4.98 Å². The van der Waals surface area contributed by atoms with E-state index in [9.17, 15) is 15.2 Å². The SMILES string of the molecule is COc1cc(-c2cc(-c3cccc4ccccc34)[nH]c(=O)c2C#N)ccc1O. The highest BCUT2D eigenvalue weighted by atomic mass is 16.5. The van der Waals surface area contributed by atoms with Crippen LogP contribution in [0.3, 0.4) is 0 Å². The Kier molecular flexibility index (Phi) is 4.30. The van der Waals surface area contributed by atoms with Crippen LogP contribution >= 0.6 is 0 Å². The van der Waals surface area contributed by atoms with Gasteiger partial charge in [-0.3, -0.25) is 4.79 Å². The molecule has 3 aromatic carbocycles. The number of nitrogens with zero attached hydrogens (tertiary/aromatic N) is 1. The predicted octanol–water partition coefficient (Wildman–Crippen LogP) is 4.45. The third kappa shape index (κ3) is 2.87. The Morgan fingerprint density at radius 1 is 1.00 bits per heavy atom. The number of H-pyrrole nitrogens is 1. The highest BCUT2D eigenvalue weighted by Gasteiger charge is 2.15. The summed E-state index contributed by atoms with van der Waals surface area (Å²) in [5, 5.41) is 21.4. The minimum Gasteiger partial charge on any atom is -0.504 e. The molecule has 0 saturated carbocycles. The number of aromatic amines is 1. The molecule has 0 unspecified atom stereocenters. The number of methoxy groups -OCH3 is 1. The molecular weight excluding hydrogens is 352 g/mol. The van der Waals surface area contributed by atoms with Crippen LogP contribution in [-0.4, -0.2) is 17.2 Å². The fourth-order valence-corrected chi connectivity index (χ4v) is 3.35. The van der Waals surface area contributed by atoms with Crippen LogP contribution in [0, 0.1) is 11.3 Å². The van der Waals surface area contributed by atoms with E-state index in [0.717, 1.165) is 16.3 Å². The molecule has 4 rings (SSSR count). The van der Waals surface area contributed by atoms with E-state index in [4.69, 9.17) is 4.74 Å². The van der Waals surface area contributed by atoms with Gasteiger partial charge < -0.3 is 14.8 Å². The maximum Gasteiger partial charge on any atom is 0.266 e. The fraction of sp³-hybridized carbons (Fsp3) is 0.0435. The van der Waals surface area contributed by atoms with E-state index in [0.29, 0.717) is 16.8 Å². The van der Waals surface area contributed by atoms with Crippen molar-refractivity contribution in [3.63, 3.8) is 0 Å².